The van der Waals surface area contributed by atoms with Crippen LogP contribution in [0.3, 0.4) is 0 Å². The number of nitrogens with zero attached hydrogens (tertiary/aromatic N) is 1. The minimum atomic E-state index is -0.502. The fourth-order valence-electron chi connectivity index (χ4n) is 3.21. The van der Waals surface area contributed by atoms with E-state index < -0.39 is 6.04 Å². The molecule has 1 unspecified atom stereocenters. The summed E-state index contributed by atoms with van der Waals surface area (Å²) in [6.45, 7) is 9.06. The maximum Gasteiger partial charge on any atom is 0.242 e. The van der Waals surface area contributed by atoms with Crippen LogP contribution in [-0.2, 0) is 29.0 Å². The van der Waals surface area contributed by atoms with Crippen LogP contribution in [0, 0.1) is 6.92 Å². The van der Waals surface area contributed by atoms with Crippen molar-refractivity contribution in [2.24, 2.45) is 0 Å². The molecule has 2 rings (SSSR count). The highest BCUT2D eigenvalue weighted by atomic mass is 16.2. The molecule has 0 heterocycles. The fourth-order valence-corrected chi connectivity index (χ4v) is 3.21. The minimum Gasteiger partial charge on any atom is -0.354 e. The van der Waals surface area contributed by atoms with Gasteiger partial charge in [0.05, 0.1) is 0 Å². The van der Waals surface area contributed by atoms with Crippen molar-refractivity contribution >= 4 is 11.8 Å². The zero-order chi connectivity index (χ0) is 21.2. The lowest BCUT2D eigenvalue weighted by molar-refractivity contribution is -0.140. The standard InChI is InChI=1S/C25H34N2O2/c1-5-17-26-25(29)20(4)27(18-23-9-7-19(3)8-10-23)24(28)16-15-22-13-11-21(6-2)12-14-22/h7-14,20H,5-6,15-18H2,1-4H3,(H,26,29). The van der Waals surface area contributed by atoms with Crippen molar-refractivity contribution in [3.8, 4) is 0 Å². The first-order valence-electron chi connectivity index (χ1n) is 10.6. The van der Waals surface area contributed by atoms with E-state index in [0.29, 0.717) is 25.9 Å². The summed E-state index contributed by atoms with van der Waals surface area (Å²) < 4.78 is 0. The Kier molecular flexibility index (Phi) is 8.91. The van der Waals surface area contributed by atoms with Gasteiger partial charge >= 0.3 is 0 Å². The predicted octanol–water partition coefficient (Wildman–Crippen LogP) is 4.43. The van der Waals surface area contributed by atoms with Gasteiger partial charge in [-0.3, -0.25) is 9.59 Å². The molecule has 2 amide bonds. The Bertz CT molecular complexity index is 781. The number of hydrogen-bond acceptors (Lipinski definition) is 2. The molecule has 0 fully saturated rings. The van der Waals surface area contributed by atoms with Crippen molar-refractivity contribution in [1.82, 2.24) is 10.2 Å². The molecule has 0 aliphatic rings. The Morgan fingerprint density at radius 2 is 1.52 bits per heavy atom. The van der Waals surface area contributed by atoms with Gasteiger partial charge in [-0.25, -0.2) is 0 Å². The Morgan fingerprint density at radius 3 is 2.10 bits per heavy atom. The lowest BCUT2D eigenvalue weighted by Gasteiger charge is -2.29. The number of amides is 2. The van der Waals surface area contributed by atoms with E-state index in [9.17, 15) is 9.59 Å². The molecule has 0 spiro atoms. The highest BCUT2D eigenvalue weighted by Crippen LogP contribution is 2.14. The summed E-state index contributed by atoms with van der Waals surface area (Å²) in [5.41, 5.74) is 4.65. The first-order chi connectivity index (χ1) is 13.9. The number of nitrogens with one attached hydrogen (secondary N) is 1. The SMILES string of the molecule is CCCNC(=O)C(C)N(Cc1ccc(C)cc1)C(=O)CCc1ccc(CC)cc1. The van der Waals surface area contributed by atoms with Crippen molar-refractivity contribution in [2.45, 2.75) is 66.0 Å². The van der Waals surface area contributed by atoms with Crippen molar-refractivity contribution in [3.63, 3.8) is 0 Å². The summed E-state index contributed by atoms with van der Waals surface area (Å²) in [4.78, 5) is 27.3. The van der Waals surface area contributed by atoms with E-state index in [0.717, 1.165) is 24.0 Å². The average Bonchev–Trinajstić information content (AvgIpc) is 2.75. The van der Waals surface area contributed by atoms with Gasteiger partial charge in [0.15, 0.2) is 0 Å². The summed E-state index contributed by atoms with van der Waals surface area (Å²) in [6, 6.07) is 16.0. The van der Waals surface area contributed by atoms with Crippen LogP contribution in [0.15, 0.2) is 48.5 Å². The molecule has 0 aliphatic carbocycles. The maximum absolute atomic E-state index is 13.1. The Labute approximate surface area is 175 Å². The molecule has 0 aromatic heterocycles. The molecule has 4 nitrogen and oxygen atoms in total. The van der Waals surface area contributed by atoms with Crippen LogP contribution in [0.5, 0.6) is 0 Å². The first kappa shape index (κ1) is 22.7. The quantitative estimate of drug-likeness (QED) is 0.648. The van der Waals surface area contributed by atoms with Gasteiger partial charge in [0, 0.05) is 19.5 Å². The van der Waals surface area contributed by atoms with Crippen LogP contribution in [-0.4, -0.2) is 29.3 Å². The highest BCUT2D eigenvalue weighted by Gasteiger charge is 2.25. The molecule has 1 N–H and O–H groups in total. The maximum atomic E-state index is 13.1. The van der Waals surface area contributed by atoms with Crippen LogP contribution < -0.4 is 5.32 Å². The van der Waals surface area contributed by atoms with E-state index in [4.69, 9.17) is 0 Å². The summed E-state index contributed by atoms with van der Waals surface area (Å²) in [5, 5.41) is 2.92. The van der Waals surface area contributed by atoms with Gasteiger partial charge in [0.25, 0.3) is 0 Å². The van der Waals surface area contributed by atoms with E-state index in [1.807, 2.05) is 45.0 Å². The molecule has 0 aliphatic heterocycles. The van der Waals surface area contributed by atoms with Gasteiger partial charge < -0.3 is 10.2 Å². The van der Waals surface area contributed by atoms with Gasteiger partial charge in [0.2, 0.25) is 11.8 Å². The van der Waals surface area contributed by atoms with E-state index in [-0.39, 0.29) is 11.8 Å². The van der Waals surface area contributed by atoms with Crippen LogP contribution in [0.25, 0.3) is 0 Å². The number of benzene rings is 2. The fraction of sp³-hybridized carbons (Fsp3) is 0.440. The minimum absolute atomic E-state index is 0.00397. The van der Waals surface area contributed by atoms with Gasteiger partial charge in [0.1, 0.15) is 6.04 Å². The Balaban J connectivity index is 2.09. The zero-order valence-electron chi connectivity index (χ0n) is 18.2. The third-order valence-electron chi connectivity index (χ3n) is 5.25. The predicted molar refractivity (Wildman–Crippen MR) is 119 cm³/mol. The van der Waals surface area contributed by atoms with Crippen molar-refractivity contribution in [3.05, 3.63) is 70.8 Å². The third-order valence-corrected chi connectivity index (χ3v) is 5.25. The number of aryl methyl sites for hydroxylation is 3. The summed E-state index contributed by atoms with van der Waals surface area (Å²) >= 11 is 0. The molecule has 2 aromatic rings. The van der Waals surface area contributed by atoms with Crippen LogP contribution >= 0.6 is 0 Å². The lowest BCUT2D eigenvalue weighted by atomic mass is 10.0. The topological polar surface area (TPSA) is 49.4 Å². The van der Waals surface area contributed by atoms with E-state index >= 15 is 0 Å². The summed E-state index contributed by atoms with van der Waals surface area (Å²) in [5.74, 6) is -0.0936. The second kappa shape index (κ2) is 11.4. The van der Waals surface area contributed by atoms with E-state index in [2.05, 4.69) is 36.5 Å². The Hall–Kier alpha value is -2.62. The lowest BCUT2D eigenvalue weighted by Crippen LogP contribution is -2.47. The van der Waals surface area contributed by atoms with Gasteiger partial charge in [-0.2, -0.15) is 0 Å². The number of carbonyl (C=O) groups is 2. The molecule has 0 bridgehead atoms. The summed E-state index contributed by atoms with van der Waals surface area (Å²) in [6.07, 6.45) is 2.95. The molecular weight excluding hydrogens is 360 g/mol. The molecule has 156 valence electrons. The van der Waals surface area contributed by atoms with Gasteiger partial charge in [-0.05, 0) is 49.8 Å². The van der Waals surface area contributed by atoms with Crippen LogP contribution in [0.1, 0.15) is 55.9 Å². The molecule has 4 heteroatoms. The van der Waals surface area contributed by atoms with E-state index in [1.165, 1.54) is 11.1 Å². The highest BCUT2D eigenvalue weighted by molar-refractivity contribution is 5.87. The van der Waals surface area contributed by atoms with Gasteiger partial charge in [-0.1, -0.05) is 67.9 Å². The number of hydrogen-bond donors (Lipinski definition) is 1. The normalized spacial score (nSPS) is 11.7. The second-order valence-electron chi connectivity index (χ2n) is 7.64. The largest absolute Gasteiger partial charge is 0.354 e. The molecule has 29 heavy (non-hydrogen) atoms. The van der Waals surface area contributed by atoms with Crippen LogP contribution in [0.4, 0.5) is 0 Å². The molecule has 0 saturated carbocycles. The third kappa shape index (κ3) is 7.04. The number of rotatable bonds is 10. The van der Waals surface area contributed by atoms with Crippen LogP contribution in [0.2, 0.25) is 0 Å². The number of carbonyl (C=O) groups excluding carboxylic acids is 2. The Morgan fingerprint density at radius 1 is 0.931 bits per heavy atom. The molecular formula is C25H34N2O2. The molecule has 0 radical (unpaired) electrons. The smallest absolute Gasteiger partial charge is 0.242 e. The van der Waals surface area contributed by atoms with Crippen molar-refractivity contribution in [1.29, 1.82) is 0 Å². The summed E-state index contributed by atoms with van der Waals surface area (Å²) in [7, 11) is 0. The first-order valence-corrected chi connectivity index (χ1v) is 10.6. The second-order valence-corrected chi connectivity index (χ2v) is 7.64. The molecule has 2 aromatic carbocycles. The molecule has 0 saturated heterocycles. The monoisotopic (exact) mass is 394 g/mol. The van der Waals surface area contributed by atoms with Crippen molar-refractivity contribution < 1.29 is 9.59 Å². The van der Waals surface area contributed by atoms with Gasteiger partial charge in [-0.15, -0.1) is 0 Å². The zero-order valence-corrected chi connectivity index (χ0v) is 18.2. The van der Waals surface area contributed by atoms with E-state index in [1.54, 1.807) is 4.90 Å². The van der Waals surface area contributed by atoms with Crippen molar-refractivity contribution in [2.75, 3.05) is 6.54 Å². The molecule has 1 atom stereocenters. The average molecular weight is 395 g/mol.